The lowest BCUT2D eigenvalue weighted by molar-refractivity contribution is -0.140. The molecule has 1 rings (SSSR count). The van der Waals surface area contributed by atoms with Crippen LogP contribution in [0, 0.1) is 0 Å². The molecule has 0 spiro atoms. The molecule has 7 nitrogen and oxygen atoms in total. The summed E-state index contributed by atoms with van der Waals surface area (Å²) in [5.74, 6) is -2.77. The van der Waals surface area contributed by atoms with E-state index in [0.29, 0.717) is 0 Å². The number of amides is 2. The molecule has 16 heavy (non-hydrogen) atoms. The number of carbonyl (C=O) groups is 3. The number of carboxylic acids is 1. The number of hydrogen-bond donors (Lipinski definition) is 3. The van der Waals surface area contributed by atoms with Gasteiger partial charge in [0.05, 0.1) is 18.2 Å². The smallest absolute Gasteiger partial charge is 0.326 e. The van der Waals surface area contributed by atoms with Gasteiger partial charge in [-0.15, -0.1) is 0 Å². The molecule has 0 fully saturated rings. The van der Waals surface area contributed by atoms with Crippen LogP contribution in [-0.4, -0.2) is 28.9 Å². The summed E-state index contributed by atoms with van der Waals surface area (Å²) >= 11 is 0. The zero-order chi connectivity index (χ0) is 12.1. The molecule has 0 saturated carbocycles. The highest BCUT2D eigenvalue weighted by molar-refractivity contribution is 5.97. The molecule has 0 bridgehead atoms. The first-order valence-electron chi connectivity index (χ1n) is 4.35. The van der Waals surface area contributed by atoms with Crippen molar-refractivity contribution in [2.75, 3.05) is 0 Å². The molecule has 0 aromatic carbocycles. The first-order chi connectivity index (χ1) is 7.50. The van der Waals surface area contributed by atoms with Crippen LogP contribution in [0.15, 0.2) is 23.0 Å². The first-order valence-corrected chi connectivity index (χ1v) is 4.35. The van der Waals surface area contributed by atoms with Gasteiger partial charge in [0.25, 0.3) is 5.91 Å². The van der Waals surface area contributed by atoms with Gasteiger partial charge < -0.3 is 20.6 Å². The summed E-state index contributed by atoms with van der Waals surface area (Å²) in [5.41, 5.74) is 5.03. The standard InChI is InChI=1S/C9H10N2O5/c10-7(12)3-6(9(14)15)11-8(13)5-1-2-16-4-5/h1-2,4,6H,3H2,(H2,10,12)(H,11,13)(H,14,15). The highest BCUT2D eigenvalue weighted by Gasteiger charge is 2.22. The van der Waals surface area contributed by atoms with Gasteiger partial charge >= 0.3 is 5.97 Å². The van der Waals surface area contributed by atoms with Crippen molar-refractivity contribution < 1.29 is 23.9 Å². The summed E-state index contributed by atoms with van der Waals surface area (Å²) in [7, 11) is 0. The van der Waals surface area contributed by atoms with E-state index in [1.165, 1.54) is 18.6 Å². The van der Waals surface area contributed by atoms with Crippen LogP contribution >= 0.6 is 0 Å². The Hall–Kier alpha value is -2.31. The van der Waals surface area contributed by atoms with Gasteiger partial charge in [0.15, 0.2) is 0 Å². The van der Waals surface area contributed by atoms with E-state index >= 15 is 0 Å². The van der Waals surface area contributed by atoms with Crippen LogP contribution in [0.25, 0.3) is 0 Å². The topological polar surface area (TPSA) is 123 Å². The van der Waals surface area contributed by atoms with Crippen molar-refractivity contribution in [1.29, 1.82) is 0 Å². The lowest BCUT2D eigenvalue weighted by atomic mass is 10.2. The van der Waals surface area contributed by atoms with Crippen LogP contribution in [0.4, 0.5) is 0 Å². The van der Waals surface area contributed by atoms with E-state index in [2.05, 4.69) is 9.73 Å². The molecule has 1 heterocycles. The molecule has 0 aliphatic carbocycles. The third kappa shape index (κ3) is 3.12. The molecule has 0 saturated heterocycles. The highest BCUT2D eigenvalue weighted by Crippen LogP contribution is 2.01. The SMILES string of the molecule is NC(=O)CC(NC(=O)c1ccoc1)C(=O)O. The van der Waals surface area contributed by atoms with Crippen LogP contribution < -0.4 is 11.1 Å². The van der Waals surface area contributed by atoms with Crippen molar-refractivity contribution in [3.05, 3.63) is 24.2 Å². The van der Waals surface area contributed by atoms with Crippen LogP contribution in [0.2, 0.25) is 0 Å². The van der Waals surface area contributed by atoms with Gasteiger partial charge in [-0.25, -0.2) is 4.79 Å². The number of nitrogens with two attached hydrogens (primary N) is 1. The number of furan rings is 1. The number of nitrogens with one attached hydrogen (secondary N) is 1. The van der Waals surface area contributed by atoms with Crippen LogP contribution in [0.5, 0.6) is 0 Å². The zero-order valence-electron chi connectivity index (χ0n) is 8.17. The minimum atomic E-state index is -1.33. The fourth-order valence-electron chi connectivity index (χ4n) is 1.04. The Labute approximate surface area is 90.2 Å². The molecule has 1 atom stereocenters. The summed E-state index contributed by atoms with van der Waals surface area (Å²) in [6, 6.07) is 0.0401. The summed E-state index contributed by atoms with van der Waals surface area (Å²) in [5, 5.41) is 10.9. The van der Waals surface area contributed by atoms with Gasteiger partial charge in [-0.1, -0.05) is 0 Å². The summed E-state index contributed by atoms with van der Waals surface area (Å²) in [6.45, 7) is 0. The van der Waals surface area contributed by atoms with Gasteiger partial charge in [-0.3, -0.25) is 9.59 Å². The van der Waals surface area contributed by atoms with E-state index < -0.39 is 30.2 Å². The molecular formula is C9H10N2O5. The maximum Gasteiger partial charge on any atom is 0.326 e. The highest BCUT2D eigenvalue weighted by atomic mass is 16.4. The molecule has 1 unspecified atom stereocenters. The van der Waals surface area contributed by atoms with Crippen molar-refractivity contribution in [2.45, 2.75) is 12.5 Å². The van der Waals surface area contributed by atoms with Crippen LogP contribution in [0.3, 0.4) is 0 Å². The molecule has 7 heteroatoms. The predicted octanol–water partition coefficient (Wildman–Crippen LogP) is -0.662. The molecule has 2 amide bonds. The third-order valence-corrected chi connectivity index (χ3v) is 1.79. The van der Waals surface area contributed by atoms with Crippen LogP contribution in [0.1, 0.15) is 16.8 Å². The summed E-state index contributed by atoms with van der Waals surface area (Å²) in [4.78, 5) is 32.7. The molecule has 4 N–H and O–H groups in total. The quantitative estimate of drug-likeness (QED) is 0.614. The number of rotatable bonds is 5. The fraction of sp³-hybridized carbons (Fsp3) is 0.222. The van der Waals surface area contributed by atoms with Gasteiger partial charge in [0.1, 0.15) is 12.3 Å². The summed E-state index contributed by atoms with van der Waals surface area (Å²) < 4.78 is 4.66. The Morgan fingerprint density at radius 1 is 1.50 bits per heavy atom. The summed E-state index contributed by atoms with van der Waals surface area (Å²) in [6.07, 6.45) is 1.98. The number of primary amides is 1. The third-order valence-electron chi connectivity index (χ3n) is 1.79. The Bertz CT molecular complexity index is 398. The van der Waals surface area contributed by atoms with Gasteiger partial charge in [-0.05, 0) is 6.07 Å². The zero-order valence-corrected chi connectivity index (χ0v) is 8.17. The van der Waals surface area contributed by atoms with Gasteiger partial charge in [0.2, 0.25) is 5.91 Å². The second-order valence-electron chi connectivity index (χ2n) is 3.05. The van der Waals surface area contributed by atoms with E-state index in [1.54, 1.807) is 0 Å². The lowest BCUT2D eigenvalue weighted by Crippen LogP contribution is -2.43. The average Bonchev–Trinajstić information content (AvgIpc) is 2.68. The number of aliphatic carboxylic acids is 1. The van der Waals surface area contributed by atoms with Crippen molar-refractivity contribution in [3.63, 3.8) is 0 Å². The minimum absolute atomic E-state index is 0.177. The van der Waals surface area contributed by atoms with Crippen LogP contribution in [-0.2, 0) is 9.59 Å². The van der Waals surface area contributed by atoms with E-state index in [-0.39, 0.29) is 5.56 Å². The van der Waals surface area contributed by atoms with E-state index in [0.717, 1.165) is 0 Å². The number of carboxylic acid groups (broad SMARTS) is 1. The molecular weight excluding hydrogens is 216 g/mol. The monoisotopic (exact) mass is 226 g/mol. The maximum atomic E-state index is 11.4. The Morgan fingerprint density at radius 2 is 2.19 bits per heavy atom. The lowest BCUT2D eigenvalue weighted by Gasteiger charge is -2.11. The van der Waals surface area contributed by atoms with Gasteiger partial charge in [-0.2, -0.15) is 0 Å². The molecule has 1 aromatic rings. The molecule has 1 aromatic heterocycles. The Balaban J connectivity index is 2.65. The van der Waals surface area contributed by atoms with Crippen molar-refractivity contribution >= 4 is 17.8 Å². The molecule has 0 aliphatic rings. The normalized spacial score (nSPS) is 11.8. The second-order valence-corrected chi connectivity index (χ2v) is 3.05. The van der Waals surface area contributed by atoms with Crippen molar-refractivity contribution in [1.82, 2.24) is 5.32 Å². The average molecular weight is 226 g/mol. The fourth-order valence-corrected chi connectivity index (χ4v) is 1.04. The second kappa shape index (κ2) is 4.96. The van der Waals surface area contributed by atoms with E-state index in [1.807, 2.05) is 0 Å². The number of hydrogen-bond acceptors (Lipinski definition) is 4. The van der Waals surface area contributed by atoms with Gasteiger partial charge in [0, 0.05) is 0 Å². The van der Waals surface area contributed by atoms with E-state index in [9.17, 15) is 14.4 Å². The first kappa shape index (κ1) is 11.8. The van der Waals surface area contributed by atoms with Crippen molar-refractivity contribution in [3.8, 4) is 0 Å². The van der Waals surface area contributed by atoms with E-state index in [4.69, 9.17) is 10.8 Å². The largest absolute Gasteiger partial charge is 0.480 e. The van der Waals surface area contributed by atoms with Crippen molar-refractivity contribution in [2.24, 2.45) is 5.73 Å². The molecule has 0 radical (unpaired) electrons. The predicted molar refractivity (Wildman–Crippen MR) is 51.4 cm³/mol. The maximum absolute atomic E-state index is 11.4. The Morgan fingerprint density at radius 3 is 2.62 bits per heavy atom. The molecule has 86 valence electrons. The molecule has 0 aliphatic heterocycles. The number of carbonyl (C=O) groups excluding carboxylic acids is 2. The minimum Gasteiger partial charge on any atom is -0.480 e. The Kier molecular flexibility index (Phi) is 3.65.